The third-order valence-corrected chi connectivity index (χ3v) is 6.36. The molecule has 0 saturated carbocycles. The summed E-state index contributed by atoms with van der Waals surface area (Å²) in [5.74, 6) is -0.961. The quantitative estimate of drug-likeness (QED) is 0.426. The van der Waals surface area contributed by atoms with Gasteiger partial charge in [0, 0.05) is 11.4 Å². The Bertz CT molecular complexity index is 1380. The number of aryl methyl sites for hydroxylation is 1. The lowest BCUT2D eigenvalue weighted by Crippen LogP contribution is -2.29. The topological polar surface area (TPSA) is 76.3 Å². The van der Waals surface area contributed by atoms with Crippen LogP contribution in [-0.2, 0) is 6.42 Å². The molecule has 4 aromatic rings. The second kappa shape index (κ2) is 7.55. The van der Waals surface area contributed by atoms with Gasteiger partial charge in [-0.05, 0) is 42.3 Å². The van der Waals surface area contributed by atoms with Crippen molar-refractivity contribution in [3.63, 3.8) is 0 Å². The van der Waals surface area contributed by atoms with Crippen LogP contribution in [0.4, 0.5) is 9.52 Å². The standard InChI is InChI=1S/C22H15ClFN3O3S/c1-2-3-16-25-26-22(31-16)27-18(11-4-7-13(24)8-5-11)17-19(28)14-10-12(23)6-9-15(14)30-20(17)21(27)29/h4-10,18H,2-3H2,1H3. The van der Waals surface area contributed by atoms with Crippen molar-refractivity contribution in [2.24, 2.45) is 0 Å². The number of fused-ring (bicyclic) bond motifs is 2. The minimum absolute atomic E-state index is 0.0543. The van der Waals surface area contributed by atoms with E-state index in [-0.39, 0.29) is 27.7 Å². The van der Waals surface area contributed by atoms with Crippen molar-refractivity contribution >= 4 is 44.9 Å². The second-order valence-electron chi connectivity index (χ2n) is 7.17. The molecule has 156 valence electrons. The molecule has 0 radical (unpaired) electrons. The van der Waals surface area contributed by atoms with E-state index in [4.69, 9.17) is 16.0 Å². The van der Waals surface area contributed by atoms with Gasteiger partial charge >= 0.3 is 0 Å². The number of nitrogens with zero attached hydrogens (tertiary/aromatic N) is 3. The average molecular weight is 456 g/mol. The molecule has 3 heterocycles. The molecule has 0 fully saturated rings. The van der Waals surface area contributed by atoms with Gasteiger partial charge in [-0.1, -0.05) is 42.0 Å². The van der Waals surface area contributed by atoms with Crippen LogP contribution in [0.5, 0.6) is 0 Å². The highest BCUT2D eigenvalue weighted by Crippen LogP contribution is 2.42. The second-order valence-corrected chi connectivity index (χ2v) is 8.65. The zero-order valence-corrected chi connectivity index (χ0v) is 17.8. The number of hydrogen-bond donors (Lipinski definition) is 0. The number of rotatable bonds is 4. The predicted octanol–water partition coefficient (Wildman–Crippen LogP) is 5.14. The Kier molecular flexibility index (Phi) is 4.83. The number of anilines is 1. The molecule has 6 nitrogen and oxygen atoms in total. The van der Waals surface area contributed by atoms with Crippen molar-refractivity contribution in [2.75, 3.05) is 4.90 Å². The van der Waals surface area contributed by atoms with Crippen LogP contribution in [-0.4, -0.2) is 16.1 Å². The lowest BCUT2D eigenvalue weighted by Gasteiger charge is -2.22. The molecule has 2 aromatic carbocycles. The van der Waals surface area contributed by atoms with Crippen molar-refractivity contribution in [1.82, 2.24) is 10.2 Å². The summed E-state index contributed by atoms with van der Waals surface area (Å²) in [7, 11) is 0. The fourth-order valence-corrected chi connectivity index (χ4v) is 4.90. The summed E-state index contributed by atoms with van der Waals surface area (Å²) in [5, 5.41) is 10.2. The molecule has 0 saturated heterocycles. The van der Waals surface area contributed by atoms with E-state index < -0.39 is 17.8 Å². The van der Waals surface area contributed by atoms with Crippen LogP contribution < -0.4 is 10.3 Å². The average Bonchev–Trinajstić information content (AvgIpc) is 3.32. The van der Waals surface area contributed by atoms with Crippen molar-refractivity contribution in [3.8, 4) is 0 Å². The van der Waals surface area contributed by atoms with E-state index in [1.165, 1.54) is 34.4 Å². The molecule has 0 N–H and O–H groups in total. The number of aromatic nitrogens is 2. The summed E-state index contributed by atoms with van der Waals surface area (Å²) in [6.45, 7) is 2.03. The molecule has 1 unspecified atom stereocenters. The van der Waals surface area contributed by atoms with Crippen LogP contribution in [0.2, 0.25) is 5.02 Å². The van der Waals surface area contributed by atoms with Gasteiger partial charge in [-0.25, -0.2) is 4.39 Å². The van der Waals surface area contributed by atoms with E-state index in [0.29, 0.717) is 15.7 Å². The Balaban J connectivity index is 1.77. The minimum Gasteiger partial charge on any atom is -0.450 e. The molecule has 0 bridgehead atoms. The zero-order valence-electron chi connectivity index (χ0n) is 16.3. The van der Waals surface area contributed by atoms with Crippen molar-refractivity contribution in [3.05, 3.63) is 85.4 Å². The van der Waals surface area contributed by atoms with Gasteiger partial charge in [0.2, 0.25) is 10.9 Å². The maximum atomic E-state index is 13.6. The Hall–Kier alpha value is -3.10. The Morgan fingerprint density at radius 3 is 2.68 bits per heavy atom. The summed E-state index contributed by atoms with van der Waals surface area (Å²) in [6, 6.07) is 9.53. The van der Waals surface area contributed by atoms with Crippen LogP contribution in [0.1, 0.15) is 46.1 Å². The Morgan fingerprint density at radius 1 is 1.16 bits per heavy atom. The number of benzene rings is 2. The zero-order chi connectivity index (χ0) is 21.7. The molecule has 1 amide bonds. The fourth-order valence-electron chi connectivity index (χ4n) is 3.76. The highest BCUT2D eigenvalue weighted by molar-refractivity contribution is 7.15. The molecule has 1 aliphatic heterocycles. The van der Waals surface area contributed by atoms with Crippen LogP contribution in [0.3, 0.4) is 0 Å². The third-order valence-electron chi connectivity index (χ3n) is 5.14. The lowest BCUT2D eigenvalue weighted by molar-refractivity contribution is 0.0970. The first-order chi connectivity index (χ1) is 15.0. The van der Waals surface area contributed by atoms with Crippen LogP contribution in [0, 0.1) is 5.82 Å². The highest BCUT2D eigenvalue weighted by atomic mass is 35.5. The first-order valence-corrected chi connectivity index (χ1v) is 10.8. The van der Waals surface area contributed by atoms with E-state index in [0.717, 1.165) is 17.8 Å². The van der Waals surface area contributed by atoms with Gasteiger partial charge in [0.15, 0.2) is 5.43 Å². The SMILES string of the molecule is CCCc1nnc(N2C(=O)c3oc4ccc(Cl)cc4c(=O)c3C2c2ccc(F)cc2)s1. The third kappa shape index (κ3) is 3.23. The van der Waals surface area contributed by atoms with Gasteiger partial charge in [0.05, 0.1) is 17.0 Å². The summed E-state index contributed by atoms with van der Waals surface area (Å²) in [5.41, 5.74) is 0.653. The van der Waals surface area contributed by atoms with Crippen LogP contribution >= 0.6 is 22.9 Å². The monoisotopic (exact) mass is 455 g/mol. The summed E-state index contributed by atoms with van der Waals surface area (Å²) < 4.78 is 19.5. The number of hydrogen-bond acceptors (Lipinski definition) is 6. The van der Waals surface area contributed by atoms with E-state index in [1.807, 2.05) is 6.92 Å². The molecule has 1 aliphatic rings. The van der Waals surface area contributed by atoms with Gasteiger partial charge in [-0.3, -0.25) is 14.5 Å². The number of carbonyl (C=O) groups excluding carboxylic acids is 1. The smallest absolute Gasteiger partial charge is 0.297 e. The minimum atomic E-state index is -0.815. The fraction of sp³-hybridized carbons (Fsp3) is 0.182. The number of carbonyl (C=O) groups is 1. The first kappa shape index (κ1) is 19.8. The van der Waals surface area contributed by atoms with E-state index >= 15 is 0 Å². The lowest BCUT2D eigenvalue weighted by atomic mass is 9.99. The van der Waals surface area contributed by atoms with Gasteiger partial charge in [-0.15, -0.1) is 10.2 Å². The summed E-state index contributed by atoms with van der Waals surface area (Å²) in [4.78, 5) is 28.3. The van der Waals surface area contributed by atoms with Gasteiger partial charge in [0.1, 0.15) is 16.4 Å². The van der Waals surface area contributed by atoms with Crippen LogP contribution in [0.25, 0.3) is 11.0 Å². The van der Waals surface area contributed by atoms with Crippen molar-refractivity contribution in [2.45, 2.75) is 25.8 Å². The van der Waals surface area contributed by atoms with Crippen molar-refractivity contribution in [1.29, 1.82) is 0 Å². The molecule has 0 aliphatic carbocycles. The molecule has 2 aromatic heterocycles. The Morgan fingerprint density at radius 2 is 1.94 bits per heavy atom. The largest absolute Gasteiger partial charge is 0.450 e. The molecule has 0 spiro atoms. The number of halogens is 2. The molecule has 5 rings (SSSR count). The van der Waals surface area contributed by atoms with Gasteiger partial charge < -0.3 is 4.42 Å². The first-order valence-electron chi connectivity index (χ1n) is 9.65. The molecular formula is C22H15ClFN3O3S. The van der Waals surface area contributed by atoms with E-state index in [9.17, 15) is 14.0 Å². The maximum absolute atomic E-state index is 13.6. The van der Waals surface area contributed by atoms with E-state index in [2.05, 4.69) is 10.2 Å². The normalized spacial score (nSPS) is 15.6. The molecule has 31 heavy (non-hydrogen) atoms. The molecule has 1 atom stereocenters. The van der Waals surface area contributed by atoms with Gasteiger partial charge in [-0.2, -0.15) is 0 Å². The highest BCUT2D eigenvalue weighted by Gasteiger charge is 2.45. The van der Waals surface area contributed by atoms with E-state index in [1.54, 1.807) is 24.3 Å². The number of amides is 1. The van der Waals surface area contributed by atoms with Gasteiger partial charge in [0.25, 0.3) is 5.91 Å². The molecular weight excluding hydrogens is 441 g/mol. The maximum Gasteiger partial charge on any atom is 0.297 e. The molecule has 9 heteroatoms. The predicted molar refractivity (Wildman–Crippen MR) is 116 cm³/mol. The Labute approximate surface area is 184 Å². The van der Waals surface area contributed by atoms with Crippen LogP contribution in [0.15, 0.2) is 51.7 Å². The summed E-state index contributed by atoms with van der Waals surface area (Å²) >= 11 is 7.37. The van der Waals surface area contributed by atoms with Crippen molar-refractivity contribution < 1.29 is 13.6 Å². The summed E-state index contributed by atoms with van der Waals surface area (Å²) in [6.07, 6.45) is 1.61.